The maximum absolute atomic E-state index is 12.2. The van der Waals surface area contributed by atoms with Crippen LogP contribution in [0, 0.1) is 13.8 Å². The number of fused-ring (bicyclic) bond motifs is 1. The maximum Gasteiger partial charge on any atom is 0.272 e. The fraction of sp³-hybridized carbons (Fsp3) is 0.125. The molecule has 2 N–H and O–H groups in total. The molecule has 1 amide bonds. The number of carbonyl (C=O) groups excluding carboxylic acids is 1. The Morgan fingerprint density at radius 2 is 2.10 bits per heavy atom. The van der Waals surface area contributed by atoms with E-state index < -0.39 is 0 Å². The Hall–Kier alpha value is -2.62. The highest BCUT2D eigenvalue weighted by atomic mass is 16.1. The van der Waals surface area contributed by atoms with Crippen LogP contribution in [0.25, 0.3) is 10.9 Å². The Balaban J connectivity index is 1.94. The molecule has 2 aromatic heterocycles. The van der Waals surface area contributed by atoms with Gasteiger partial charge in [0.05, 0.1) is 11.9 Å². The molecule has 100 valence electrons. The normalized spacial score (nSPS) is 10.7. The summed E-state index contributed by atoms with van der Waals surface area (Å²) < 4.78 is 0. The number of hydrogen-bond donors (Lipinski definition) is 2. The summed E-state index contributed by atoms with van der Waals surface area (Å²) in [6.07, 6.45) is 3.29. The van der Waals surface area contributed by atoms with Crippen molar-refractivity contribution >= 4 is 22.5 Å². The third-order valence-corrected chi connectivity index (χ3v) is 3.25. The van der Waals surface area contributed by atoms with Crippen molar-refractivity contribution in [3.8, 4) is 0 Å². The molecule has 4 nitrogen and oxygen atoms in total. The van der Waals surface area contributed by atoms with Crippen LogP contribution in [0.1, 0.15) is 21.6 Å². The molecule has 4 heteroatoms. The molecule has 20 heavy (non-hydrogen) atoms. The van der Waals surface area contributed by atoms with Crippen LogP contribution < -0.4 is 5.32 Å². The summed E-state index contributed by atoms with van der Waals surface area (Å²) in [6, 6.07) is 9.63. The van der Waals surface area contributed by atoms with Gasteiger partial charge in [-0.15, -0.1) is 0 Å². The van der Waals surface area contributed by atoms with E-state index in [0.29, 0.717) is 11.4 Å². The van der Waals surface area contributed by atoms with Gasteiger partial charge in [-0.1, -0.05) is 6.07 Å². The predicted octanol–water partition coefficient (Wildman–Crippen LogP) is 3.43. The Labute approximate surface area is 116 Å². The van der Waals surface area contributed by atoms with E-state index in [2.05, 4.69) is 21.4 Å². The third-order valence-electron chi connectivity index (χ3n) is 3.25. The first kappa shape index (κ1) is 12.4. The number of nitrogens with one attached hydrogen (secondary N) is 2. The quantitative estimate of drug-likeness (QED) is 0.745. The Morgan fingerprint density at radius 1 is 1.25 bits per heavy atom. The Bertz CT molecular complexity index is 775. The van der Waals surface area contributed by atoms with Crippen LogP contribution in [0.3, 0.4) is 0 Å². The Morgan fingerprint density at radius 3 is 2.85 bits per heavy atom. The van der Waals surface area contributed by atoms with Gasteiger partial charge in [-0.2, -0.15) is 0 Å². The van der Waals surface area contributed by atoms with E-state index in [1.165, 1.54) is 5.56 Å². The molecule has 0 aliphatic rings. The third kappa shape index (κ3) is 2.28. The lowest BCUT2D eigenvalue weighted by atomic mass is 10.1. The number of hydrogen-bond acceptors (Lipinski definition) is 2. The van der Waals surface area contributed by atoms with E-state index in [9.17, 15) is 4.79 Å². The monoisotopic (exact) mass is 265 g/mol. The summed E-state index contributed by atoms with van der Waals surface area (Å²) in [7, 11) is 0. The molecule has 0 atom stereocenters. The minimum atomic E-state index is -0.161. The van der Waals surface area contributed by atoms with Crippen molar-refractivity contribution in [2.45, 2.75) is 13.8 Å². The molecule has 0 spiro atoms. The zero-order chi connectivity index (χ0) is 14.1. The van der Waals surface area contributed by atoms with Crippen LogP contribution in [0.5, 0.6) is 0 Å². The lowest BCUT2D eigenvalue weighted by molar-refractivity contribution is 0.102. The highest BCUT2D eigenvalue weighted by Gasteiger charge is 2.11. The molecule has 0 aliphatic carbocycles. The van der Waals surface area contributed by atoms with Gasteiger partial charge in [0.1, 0.15) is 5.69 Å². The number of aryl methyl sites for hydroxylation is 2. The first-order valence-electron chi connectivity index (χ1n) is 6.45. The topological polar surface area (TPSA) is 57.8 Å². The molecule has 0 aliphatic heterocycles. The summed E-state index contributed by atoms with van der Waals surface area (Å²) in [5.74, 6) is -0.161. The molecule has 0 fully saturated rings. The van der Waals surface area contributed by atoms with Gasteiger partial charge in [-0.3, -0.25) is 9.78 Å². The number of amides is 1. The van der Waals surface area contributed by atoms with Gasteiger partial charge >= 0.3 is 0 Å². The number of rotatable bonds is 2. The minimum absolute atomic E-state index is 0.161. The SMILES string of the molecule is Cc1cc(C)c2cc(C(=O)Nc3cccnc3)[nH]c2c1. The Kier molecular flexibility index (Phi) is 2.99. The van der Waals surface area contributed by atoms with Crippen molar-refractivity contribution in [1.82, 2.24) is 9.97 Å². The number of H-pyrrole nitrogens is 1. The van der Waals surface area contributed by atoms with Crippen molar-refractivity contribution in [2.75, 3.05) is 5.32 Å². The number of anilines is 1. The highest BCUT2D eigenvalue weighted by molar-refractivity contribution is 6.06. The van der Waals surface area contributed by atoms with Crippen molar-refractivity contribution in [2.24, 2.45) is 0 Å². The second-order valence-corrected chi connectivity index (χ2v) is 4.92. The van der Waals surface area contributed by atoms with E-state index in [1.54, 1.807) is 18.5 Å². The number of aromatic nitrogens is 2. The molecular weight excluding hydrogens is 250 g/mol. The highest BCUT2D eigenvalue weighted by Crippen LogP contribution is 2.22. The molecule has 3 rings (SSSR count). The van der Waals surface area contributed by atoms with Gasteiger partial charge in [0, 0.05) is 17.1 Å². The average Bonchev–Trinajstić information content (AvgIpc) is 2.84. The van der Waals surface area contributed by atoms with E-state index in [1.807, 2.05) is 32.0 Å². The van der Waals surface area contributed by atoms with Crippen molar-refractivity contribution in [3.05, 3.63) is 59.5 Å². The standard InChI is InChI=1S/C16H15N3O/c1-10-6-11(2)13-8-15(19-14(13)7-10)16(20)18-12-4-3-5-17-9-12/h3-9,19H,1-2H3,(H,18,20). The van der Waals surface area contributed by atoms with Gasteiger partial charge in [-0.05, 0) is 49.2 Å². The first-order valence-corrected chi connectivity index (χ1v) is 6.45. The van der Waals surface area contributed by atoms with Crippen molar-refractivity contribution < 1.29 is 4.79 Å². The number of carbonyl (C=O) groups is 1. The smallest absolute Gasteiger partial charge is 0.272 e. The predicted molar refractivity (Wildman–Crippen MR) is 80.0 cm³/mol. The maximum atomic E-state index is 12.2. The number of benzene rings is 1. The second-order valence-electron chi connectivity index (χ2n) is 4.92. The van der Waals surface area contributed by atoms with Crippen LogP contribution in [-0.4, -0.2) is 15.9 Å². The molecule has 3 aromatic rings. The summed E-state index contributed by atoms with van der Waals surface area (Å²) >= 11 is 0. The molecule has 0 saturated carbocycles. The molecule has 0 saturated heterocycles. The number of pyridine rings is 1. The summed E-state index contributed by atoms with van der Waals surface area (Å²) in [6.45, 7) is 4.09. The molecule has 1 aromatic carbocycles. The second kappa shape index (κ2) is 4.81. The average molecular weight is 265 g/mol. The van der Waals surface area contributed by atoms with Gasteiger partial charge < -0.3 is 10.3 Å². The minimum Gasteiger partial charge on any atom is -0.351 e. The summed E-state index contributed by atoms with van der Waals surface area (Å²) in [4.78, 5) is 19.3. The van der Waals surface area contributed by atoms with Gasteiger partial charge in [0.25, 0.3) is 5.91 Å². The first-order chi connectivity index (χ1) is 9.63. The molecule has 0 unspecified atom stereocenters. The van der Waals surface area contributed by atoms with E-state index in [4.69, 9.17) is 0 Å². The fourth-order valence-electron chi connectivity index (χ4n) is 2.36. The van der Waals surface area contributed by atoms with Crippen LogP contribution in [0.2, 0.25) is 0 Å². The number of aromatic amines is 1. The number of nitrogens with zero attached hydrogens (tertiary/aromatic N) is 1. The van der Waals surface area contributed by atoms with Crippen LogP contribution in [0.15, 0.2) is 42.7 Å². The van der Waals surface area contributed by atoms with Crippen molar-refractivity contribution in [3.63, 3.8) is 0 Å². The van der Waals surface area contributed by atoms with E-state index in [0.717, 1.165) is 16.5 Å². The van der Waals surface area contributed by atoms with Crippen LogP contribution >= 0.6 is 0 Å². The fourth-order valence-corrected chi connectivity index (χ4v) is 2.36. The molecule has 0 bridgehead atoms. The zero-order valence-corrected chi connectivity index (χ0v) is 11.4. The van der Waals surface area contributed by atoms with Crippen LogP contribution in [-0.2, 0) is 0 Å². The largest absolute Gasteiger partial charge is 0.351 e. The van der Waals surface area contributed by atoms with Crippen LogP contribution in [0.4, 0.5) is 5.69 Å². The van der Waals surface area contributed by atoms with E-state index >= 15 is 0 Å². The lowest BCUT2D eigenvalue weighted by Crippen LogP contribution is -2.12. The molecule has 0 radical (unpaired) electrons. The lowest BCUT2D eigenvalue weighted by Gasteiger charge is -2.01. The summed E-state index contributed by atoms with van der Waals surface area (Å²) in [5.41, 5.74) is 4.56. The van der Waals surface area contributed by atoms with Gasteiger partial charge in [0.15, 0.2) is 0 Å². The van der Waals surface area contributed by atoms with Crippen molar-refractivity contribution in [1.29, 1.82) is 0 Å². The molecular formula is C16H15N3O. The summed E-state index contributed by atoms with van der Waals surface area (Å²) in [5, 5.41) is 3.90. The van der Waals surface area contributed by atoms with Gasteiger partial charge in [0.2, 0.25) is 0 Å². The van der Waals surface area contributed by atoms with E-state index in [-0.39, 0.29) is 5.91 Å². The molecule has 2 heterocycles. The zero-order valence-electron chi connectivity index (χ0n) is 11.4. The van der Waals surface area contributed by atoms with Gasteiger partial charge in [-0.25, -0.2) is 0 Å².